The summed E-state index contributed by atoms with van der Waals surface area (Å²) < 4.78 is 10.6. The zero-order chi connectivity index (χ0) is 16.1. The molecule has 5 heteroatoms. The highest BCUT2D eigenvalue weighted by atomic mass is 16.7. The van der Waals surface area contributed by atoms with Crippen LogP contribution < -0.4 is 20.1 Å². The first-order valence-electron chi connectivity index (χ1n) is 7.66. The lowest BCUT2D eigenvalue weighted by atomic mass is 10.2. The van der Waals surface area contributed by atoms with Gasteiger partial charge in [0, 0.05) is 25.2 Å². The lowest BCUT2D eigenvalue weighted by Crippen LogP contribution is -2.24. The molecule has 0 spiro atoms. The molecule has 0 fully saturated rings. The van der Waals surface area contributed by atoms with Crippen molar-refractivity contribution in [1.82, 2.24) is 5.32 Å². The number of aryl methyl sites for hydroxylation is 1. The van der Waals surface area contributed by atoms with Gasteiger partial charge in [-0.2, -0.15) is 0 Å². The Morgan fingerprint density at radius 3 is 2.70 bits per heavy atom. The Morgan fingerprint density at radius 2 is 1.87 bits per heavy atom. The molecule has 0 saturated carbocycles. The second kappa shape index (κ2) is 7.05. The van der Waals surface area contributed by atoms with Crippen molar-refractivity contribution in [2.45, 2.75) is 19.9 Å². The average Bonchev–Trinajstić information content (AvgIpc) is 3.02. The molecule has 2 aromatic rings. The van der Waals surface area contributed by atoms with E-state index in [0.717, 1.165) is 22.7 Å². The minimum Gasteiger partial charge on any atom is -0.454 e. The van der Waals surface area contributed by atoms with E-state index in [1.165, 1.54) is 5.56 Å². The molecule has 2 aromatic carbocycles. The number of benzene rings is 2. The van der Waals surface area contributed by atoms with Crippen molar-refractivity contribution in [2.24, 2.45) is 0 Å². The summed E-state index contributed by atoms with van der Waals surface area (Å²) in [6.07, 6.45) is 0.429. The van der Waals surface area contributed by atoms with Crippen LogP contribution in [0.3, 0.4) is 0 Å². The van der Waals surface area contributed by atoms with Crippen LogP contribution in [0.1, 0.15) is 17.5 Å². The van der Waals surface area contributed by atoms with Gasteiger partial charge < -0.3 is 20.1 Å². The Labute approximate surface area is 135 Å². The van der Waals surface area contributed by atoms with Gasteiger partial charge in [-0.3, -0.25) is 4.79 Å². The fourth-order valence-corrected chi connectivity index (χ4v) is 2.33. The van der Waals surface area contributed by atoms with Gasteiger partial charge in [-0.1, -0.05) is 23.8 Å². The molecule has 5 nitrogen and oxygen atoms in total. The predicted octanol–water partition coefficient (Wildman–Crippen LogP) is 2.84. The van der Waals surface area contributed by atoms with Gasteiger partial charge in [0.2, 0.25) is 12.7 Å². The van der Waals surface area contributed by atoms with Crippen molar-refractivity contribution >= 4 is 11.6 Å². The number of hydrogen-bond donors (Lipinski definition) is 2. The van der Waals surface area contributed by atoms with Gasteiger partial charge >= 0.3 is 0 Å². The molecule has 0 saturated heterocycles. The standard InChI is InChI=1S/C18H20N2O3/c1-13-2-5-15(6-3-13)19-9-8-18(21)20-11-14-4-7-16-17(10-14)23-12-22-16/h2-7,10,19H,8-9,11-12H2,1H3,(H,20,21). The summed E-state index contributed by atoms with van der Waals surface area (Å²) in [6.45, 7) is 3.40. The van der Waals surface area contributed by atoms with E-state index in [1.807, 2.05) is 49.4 Å². The second-order valence-corrected chi connectivity index (χ2v) is 5.51. The summed E-state index contributed by atoms with van der Waals surface area (Å²) in [6, 6.07) is 13.8. The van der Waals surface area contributed by atoms with Crippen LogP contribution in [0, 0.1) is 6.92 Å². The van der Waals surface area contributed by atoms with Crippen LogP contribution in [-0.2, 0) is 11.3 Å². The summed E-state index contributed by atoms with van der Waals surface area (Å²) in [5, 5.41) is 6.15. The highest BCUT2D eigenvalue weighted by molar-refractivity contribution is 5.76. The van der Waals surface area contributed by atoms with Gasteiger partial charge in [0.15, 0.2) is 11.5 Å². The SMILES string of the molecule is Cc1ccc(NCCC(=O)NCc2ccc3c(c2)OCO3)cc1. The number of hydrogen-bond acceptors (Lipinski definition) is 4. The molecule has 23 heavy (non-hydrogen) atoms. The maximum atomic E-state index is 11.9. The van der Waals surface area contributed by atoms with Crippen LogP contribution in [0.2, 0.25) is 0 Å². The van der Waals surface area contributed by atoms with Crippen LogP contribution in [-0.4, -0.2) is 19.2 Å². The van der Waals surface area contributed by atoms with E-state index >= 15 is 0 Å². The number of amides is 1. The Hall–Kier alpha value is -2.69. The van der Waals surface area contributed by atoms with Gasteiger partial charge in [0.25, 0.3) is 0 Å². The molecule has 0 bridgehead atoms. The Balaban J connectivity index is 1.40. The third-order valence-electron chi connectivity index (χ3n) is 3.66. The fourth-order valence-electron chi connectivity index (χ4n) is 2.33. The number of ether oxygens (including phenoxy) is 2. The first-order chi connectivity index (χ1) is 11.2. The Morgan fingerprint density at radius 1 is 1.09 bits per heavy atom. The molecule has 0 atom stereocenters. The van der Waals surface area contributed by atoms with E-state index in [-0.39, 0.29) is 12.7 Å². The van der Waals surface area contributed by atoms with Crippen LogP contribution in [0.5, 0.6) is 11.5 Å². The van der Waals surface area contributed by atoms with Crippen LogP contribution in [0.15, 0.2) is 42.5 Å². The van der Waals surface area contributed by atoms with Crippen molar-refractivity contribution in [2.75, 3.05) is 18.7 Å². The first-order valence-corrected chi connectivity index (χ1v) is 7.66. The maximum absolute atomic E-state index is 11.9. The normalized spacial score (nSPS) is 12.0. The van der Waals surface area contributed by atoms with Crippen molar-refractivity contribution in [1.29, 1.82) is 0 Å². The van der Waals surface area contributed by atoms with Crippen molar-refractivity contribution < 1.29 is 14.3 Å². The molecule has 1 aliphatic heterocycles. The van der Waals surface area contributed by atoms with Gasteiger partial charge in [-0.25, -0.2) is 0 Å². The lowest BCUT2D eigenvalue weighted by Gasteiger charge is -2.08. The molecule has 0 aromatic heterocycles. The third kappa shape index (κ3) is 4.16. The number of fused-ring (bicyclic) bond motifs is 1. The minimum atomic E-state index is 0.0160. The summed E-state index contributed by atoms with van der Waals surface area (Å²) in [7, 11) is 0. The predicted molar refractivity (Wildman–Crippen MR) is 88.7 cm³/mol. The van der Waals surface area contributed by atoms with Crippen molar-refractivity contribution in [3.05, 3.63) is 53.6 Å². The summed E-state index contributed by atoms with van der Waals surface area (Å²) in [4.78, 5) is 11.9. The summed E-state index contributed by atoms with van der Waals surface area (Å²) in [5.41, 5.74) is 3.24. The smallest absolute Gasteiger partial charge is 0.231 e. The number of carbonyl (C=O) groups is 1. The zero-order valence-electron chi connectivity index (χ0n) is 13.1. The van der Waals surface area contributed by atoms with E-state index in [4.69, 9.17) is 9.47 Å². The van der Waals surface area contributed by atoms with Gasteiger partial charge in [-0.15, -0.1) is 0 Å². The highest BCUT2D eigenvalue weighted by Crippen LogP contribution is 2.32. The average molecular weight is 312 g/mol. The number of anilines is 1. The molecule has 0 aliphatic carbocycles. The maximum Gasteiger partial charge on any atom is 0.231 e. The minimum absolute atomic E-state index is 0.0160. The van der Waals surface area contributed by atoms with Gasteiger partial charge in [-0.05, 0) is 36.8 Å². The topological polar surface area (TPSA) is 59.6 Å². The van der Waals surface area contributed by atoms with Crippen LogP contribution >= 0.6 is 0 Å². The van der Waals surface area contributed by atoms with Gasteiger partial charge in [0.1, 0.15) is 0 Å². The molecule has 120 valence electrons. The van der Waals surface area contributed by atoms with Gasteiger partial charge in [0.05, 0.1) is 0 Å². The number of rotatable bonds is 6. The molecule has 1 amide bonds. The highest BCUT2D eigenvalue weighted by Gasteiger charge is 2.13. The van der Waals surface area contributed by atoms with E-state index in [1.54, 1.807) is 0 Å². The second-order valence-electron chi connectivity index (χ2n) is 5.51. The molecule has 1 aliphatic rings. The van der Waals surface area contributed by atoms with E-state index < -0.39 is 0 Å². The van der Waals surface area contributed by atoms with E-state index in [9.17, 15) is 4.79 Å². The molecule has 0 unspecified atom stereocenters. The molecule has 3 rings (SSSR count). The largest absolute Gasteiger partial charge is 0.454 e. The summed E-state index contributed by atoms with van der Waals surface area (Å²) in [5.74, 6) is 1.50. The number of carbonyl (C=O) groups excluding carboxylic acids is 1. The van der Waals surface area contributed by atoms with Crippen molar-refractivity contribution in [3.8, 4) is 11.5 Å². The molecular weight excluding hydrogens is 292 g/mol. The van der Waals surface area contributed by atoms with Crippen molar-refractivity contribution in [3.63, 3.8) is 0 Å². The molecule has 2 N–H and O–H groups in total. The first kappa shape index (κ1) is 15.2. The Bertz CT molecular complexity index is 683. The van der Waals surface area contributed by atoms with Crippen LogP contribution in [0.25, 0.3) is 0 Å². The van der Waals surface area contributed by atoms with E-state index in [0.29, 0.717) is 19.5 Å². The number of nitrogens with one attached hydrogen (secondary N) is 2. The van der Waals surface area contributed by atoms with E-state index in [2.05, 4.69) is 10.6 Å². The quantitative estimate of drug-likeness (QED) is 0.861. The monoisotopic (exact) mass is 312 g/mol. The third-order valence-corrected chi connectivity index (χ3v) is 3.66. The Kier molecular flexibility index (Phi) is 4.66. The fraction of sp³-hybridized carbons (Fsp3) is 0.278. The van der Waals surface area contributed by atoms with Crippen LogP contribution in [0.4, 0.5) is 5.69 Å². The lowest BCUT2D eigenvalue weighted by molar-refractivity contribution is -0.121. The zero-order valence-corrected chi connectivity index (χ0v) is 13.1. The molecular formula is C18H20N2O3. The molecule has 0 radical (unpaired) electrons. The molecule has 1 heterocycles. The summed E-state index contributed by atoms with van der Waals surface area (Å²) >= 11 is 0.